The maximum absolute atomic E-state index is 12.0. The Balaban J connectivity index is 2.88. The van der Waals surface area contributed by atoms with Gasteiger partial charge in [0.25, 0.3) is 5.91 Å². The van der Waals surface area contributed by atoms with Crippen LogP contribution in [0, 0.1) is 10.1 Å². The van der Waals surface area contributed by atoms with Crippen molar-refractivity contribution in [3.05, 3.63) is 33.9 Å². The van der Waals surface area contributed by atoms with Crippen molar-refractivity contribution in [1.29, 1.82) is 0 Å². The van der Waals surface area contributed by atoms with E-state index in [4.69, 9.17) is 5.73 Å². The van der Waals surface area contributed by atoms with E-state index in [1.54, 1.807) is 11.8 Å². The van der Waals surface area contributed by atoms with Gasteiger partial charge in [-0.1, -0.05) is 13.0 Å². The van der Waals surface area contributed by atoms with Crippen LogP contribution in [0.4, 0.5) is 11.4 Å². The Hall–Kier alpha value is -1.76. The summed E-state index contributed by atoms with van der Waals surface area (Å²) in [5.41, 5.74) is 5.20. The van der Waals surface area contributed by atoms with Crippen molar-refractivity contribution in [3.63, 3.8) is 0 Å². The van der Waals surface area contributed by atoms with Gasteiger partial charge in [0.2, 0.25) is 0 Å². The van der Waals surface area contributed by atoms with Gasteiger partial charge in [-0.2, -0.15) is 11.8 Å². The summed E-state index contributed by atoms with van der Waals surface area (Å²) < 4.78 is 0. The topological polar surface area (TPSA) is 98.3 Å². The van der Waals surface area contributed by atoms with Crippen LogP contribution in [0.1, 0.15) is 24.2 Å². The lowest BCUT2D eigenvalue weighted by Crippen LogP contribution is -2.34. The summed E-state index contributed by atoms with van der Waals surface area (Å²) in [5, 5.41) is 13.7. The zero-order valence-electron chi connectivity index (χ0n) is 10.9. The Labute approximate surface area is 115 Å². The minimum Gasteiger partial charge on any atom is -0.393 e. The molecule has 3 N–H and O–H groups in total. The van der Waals surface area contributed by atoms with Gasteiger partial charge >= 0.3 is 5.69 Å². The molecule has 1 atom stereocenters. The van der Waals surface area contributed by atoms with Crippen LogP contribution >= 0.6 is 11.8 Å². The third-order valence-corrected chi connectivity index (χ3v) is 3.59. The van der Waals surface area contributed by atoms with Gasteiger partial charge in [0.1, 0.15) is 11.3 Å². The highest BCUT2D eigenvalue weighted by Gasteiger charge is 2.23. The number of anilines is 1. The molecule has 104 valence electrons. The first kappa shape index (κ1) is 15.3. The number of nitrogen functional groups attached to an aromatic ring is 1. The van der Waals surface area contributed by atoms with Gasteiger partial charge in [0.05, 0.1) is 4.92 Å². The number of hydrogen-bond donors (Lipinski definition) is 2. The van der Waals surface area contributed by atoms with Crippen LogP contribution in [0.3, 0.4) is 0 Å². The van der Waals surface area contributed by atoms with Crippen LogP contribution in [0.25, 0.3) is 0 Å². The van der Waals surface area contributed by atoms with Gasteiger partial charge in [-0.25, -0.2) is 0 Å². The predicted octanol–water partition coefficient (Wildman–Crippen LogP) is 2.05. The molecule has 0 aromatic heterocycles. The molecule has 0 heterocycles. The molecular weight excluding hydrogens is 266 g/mol. The third-order valence-electron chi connectivity index (χ3n) is 2.44. The number of rotatable bonds is 6. The first-order chi connectivity index (χ1) is 8.97. The molecular formula is C12H17N3O3S. The van der Waals surface area contributed by atoms with Crippen LogP contribution in [-0.2, 0) is 0 Å². The molecule has 1 rings (SSSR count). The van der Waals surface area contributed by atoms with Crippen molar-refractivity contribution in [2.45, 2.75) is 19.9 Å². The molecule has 0 aliphatic carbocycles. The number of nitro groups is 1. The molecule has 7 heteroatoms. The SMILES string of the molecule is CCSCC(C)NC(=O)c1cccc(N)c1[N+](=O)[O-]. The number of amides is 1. The predicted molar refractivity (Wildman–Crippen MR) is 77.4 cm³/mol. The number of nitrogens with zero attached hydrogens (tertiary/aromatic N) is 1. The Morgan fingerprint density at radius 2 is 2.26 bits per heavy atom. The number of nitro benzene ring substituents is 1. The second-order valence-corrected chi connectivity index (χ2v) is 5.35. The average Bonchev–Trinajstić information content (AvgIpc) is 2.35. The average molecular weight is 283 g/mol. The molecule has 0 bridgehead atoms. The van der Waals surface area contributed by atoms with E-state index in [-0.39, 0.29) is 23.0 Å². The lowest BCUT2D eigenvalue weighted by Gasteiger charge is -2.13. The number of nitrogens with two attached hydrogens (primary N) is 1. The molecule has 1 aromatic carbocycles. The smallest absolute Gasteiger partial charge is 0.304 e. The summed E-state index contributed by atoms with van der Waals surface area (Å²) in [4.78, 5) is 22.3. The lowest BCUT2D eigenvalue weighted by atomic mass is 10.1. The number of para-hydroxylation sites is 1. The summed E-state index contributed by atoms with van der Waals surface area (Å²) in [7, 11) is 0. The molecule has 0 saturated heterocycles. The number of carbonyl (C=O) groups excluding carboxylic acids is 1. The molecule has 1 unspecified atom stereocenters. The van der Waals surface area contributed by atoms with E-state index in [0.717, 1.165) is 11.5 Å². The fraction of sp³-hybridized carbons (Fsp3) is 0.417. The quantitative estimate of drug-likeness (QED) is 0.473. The van der Waals surface area contributed by atoms with Crippen LogP contribution in [0.2, 0.25) is 0 Å². The van der Waals surface area contributed by atoms with Gasteiger partial charge in [-0.05, 0) is 24.8 Å². The molecule has 0 radical (unpaired) electrons. The second-order valence-electron chi connectivity index (χ2n) is 4.03. The number of nitrogens with one attached hydrogen (secondary N) is 1. The zero-order valence-corrected chi connectivity index (χ0v) is 11.7. The standard InChI is InChI=1S/C12H17N3O3S/c1-3-19-7-8(2)14-12(16)9-5-4-6-10(13)11(9)15(17)18/h4-6,8H,3,7,13H2,1-2H3,(H,14,16). The Kier molecular flexibility index (Phi) is 5.62. The Bertz CT molecular complexity index is 479. The van der Waals surface area contributed by atoms with Gasteiger partial charge in [-0.3, -0.25) is 14.9 Å². The molecule has 0 spiro atoms. The molecule has 0 saturated carbocycles. The normalized spacial score (nSPS) is 11.9. The molecule has 0 aliphatic rings. The van der Waals surface area contributed by atoms with E-state index in [9.17, 15) is 14.9 Å². The molecule has 1 aromatic rings. The van der Waals surface area contributed by atoms with Crippen molar-refractivity contribution in [1.82, 2.24) is 5.32 Å². The summed E-state index contributed by atoms with van der Waals surface area (Å²) in [5.74, 6) is 1.25. The Morgan fingerprint density at radius 3 is 2.84 bits per heavy atom. The molecule has 0 fully saturated rings. The van der Waals surface area contributed by atoms with Gasteiger partial charge in [0, 0.05) is 11.8 Å². The fourth-order valence-electron chi connectivity index (χ4n) is 1.59. The first-order valence-electron chi connectivity index (χ1n) is 5.88. The van der Waals surface area contributed by atoms with E-state index < -0.39 is 10.8 Å². The van der Waals surface area contributed by atoms with Gasteiger partial charge in [0.15, 0.2) is 0 Å². The Morgan fingerprint density at radius 1 is 1.58 bits per heavy atom. The van der Waals surface area contributed by atoms with E-state index in [1.807, 2.05) is 13.8 Å². The maximum Gasteiger partial charge on any atom is 0.304 e. The number of carbonyl (C=O) groups is 1. The van der Waals surface area contributed by atoms with Crippen molar-refractivity contribution >= 4 is 29.0 Å². The van der Waals surface area contributed by atoms with E-state index in [1.165, 1.54) is 18.2 Å². The summed E-state index contributed by atoms with van der Waals surface area (Å²) >= 11 is 1.69. The fourth-order valence-corrected chi connectivity index (χ4v) is 2.26. The first-order valence-corrected chi connectivity index (χ1v) is 7.04. The summed E-state index contributed by atoms with van der Waals surface area (Å²) in [6.45, 7) is 3.89. The maximum atomic E-state index is 12.0. The zero-order chi connectivity index (χ0) is 14.4. The summed E-state index contributed by atoms with van der Waals surface area (Å²) in [6, 6.07) is 4.29. The highest BCUT2D eigenvalue weighted by Crippen LogP contribution is 2.25. The number of benzene rings is 1. The van der Waals surface area contributed by atoms with Crippen LogP contribution in [0.15, 0.2) is 18.2 Å². The highest BCUT2D eigenvalue weighted by atomic mass is 32.2. The van der Waals surface area contributed by atoms with Crippen LogP contribution in [0.5, 0.6) is 0 Å². The van der Waals surface area contributed by atoms with Crippen LogP contribution in [-0.4, -0.2) is 28.4 Å². The van der Waals surface area contributed by atoms with Crippen molar-refractivity contribution < 1.29 is 9.72 Å². The molecule has 6 nitrogen and oxygen atoms in total. The molecule has 19 heavy (non-hydrogen) atoms. The highest BCUT2D eigenvalue weighted by molar-refractivity contribution is 7.99. The van der Waals surface area contributed by atoms with Gasteiger partial charge in [-0.15, -0.1) is 0 Å². The van der Waals surface area contributed by atoms with Crippen LogP contribution < -0.4 is 11.1 Å². The summed E-state index contributed by atoms with van der Waals surface area (Å²) in [6.07, 6.45) is 0. The van der Waals surface area contributed by atoms with E-state index >= 15 is 0 Å². The molecule has 0 aliphatic heterocycles. The lowest BCUT2D eigenvalue weighted by molar-refractivity contribution is -0.384. The van der Waals surface area contributed by atoms with Crippen molar-refractivity contribution in [2.24, 2.45) is 0 Å². The monoisotopic (exact) mass is 283 g/mol. The van der Waals surface area contributed by atoms with E-state index in [0.29, 0.717) is 0 Å². The minimum atomic E-state index is -0.629. The third kappa shape index (κ3) is 4.13. The van der Waals surface area contributed by atoms with Crippen molar-refractivity contribution in [2.75, 3.05) is 17.2 Å². The van der Waals surface area contributed by atoms with Gasteiger partial charge < -0.3 is 11.1 Å². The van der Waals surface area contributed by atoms with E-state index in [2.05, 4.69) is 5.32 Å². The number of hydrogen-bond acceptors (Lipinski definition) is 5. The minimum absolute atomic E-state index is 0.00153. The second kappa shape index (κ2) is 6.98. The van der Waals surface area contributed by atoms with Crippen molar-refractivity contribution in [3.8, 4) is 0 Å². The number of thioether (sulfide) groups is 1. The molecule has 1 amide bonds. The largest absolute Gasteiger partial charge is 0.393 e.